The van der Waals surface area contributed by atoms with Gasteiger partial charge >= 0.3 is 0 Å². The number of phenols is 1. The van der Waals surface area contributed by atoms with Gasteiger partial charge in [0.25, 0.3) is 0 Å². The molecule has 3 heteroatoms. The van der Waals surface area contributed by atoms with E-state index in [0.29, 0.717) is 5.52 Å². The number of pyridine rings is 1. The molecule has 0 atom stereocenters. The minimum atomic E-state index is 0.251. The fraction of sp³-hybridized carbons (Fsp3) is 0.400. The standard InChI is InChI=1S/C11H11NO.C4H11N/c1-7-6-9-4-3-5-10(13)11(9)12-8(7)2;1-3-5-4-2/h3-6,13H,1-2H3;5H,3-4H2,1-2H3. The Morgan fingerprint density at radius 2 is 1.83 bits per heavy atom. The number of hydrogen-bond acceptors (Lipinski definition) is 3. The summed E-state index contributed by atoms with van der Waals surface area (Å²) in [5.74, 6) is 0.251. The van der Waals surface area contributed by atoms with Crippen LogP contribution in [0.1, 0.15) is 25.1 Å². The zero-order valence-corrected chi connectivity index (χ0v) is 11.6. The summed E-state index contributed by atoms with van der Waals surface area (Å²) in [6.45, 7) is 10.4. The summed E-state index contributed by atoms with van der Waals surface area (Å²) in [6, 6.07) is 7.48. The quantitative estimate of drug-likeness (QED) is 0.855. The molecule has 0 aliphatic heterocycles. The van der Waals surface area contributed by atoms with E-state index in [0.717, 1.165) is 29.7 Å². The number of para-hydroxylation sites is 1. The van der Waals surface area contributed by atoms with Crippen molar-refractivity contribution in [3.63, 3.8) is 0 Å². The van der Waals surface area contributed by atoms with Gasteiger partial charge in [0.2, 0.25) is 0 Å². The first-order valence-corrected chi connectivity index (χ1v) is 6.36. The average Bonchev–Trinajstić information content (AvgIpc) is 2.34. The molecule has 3 nitrogen and oxygen atoms in total. The third-order valence-electron chi connectivity index (χ3n) is 2.77. The first-order chi connectivity index (χ1) is 8.60. The maximum absolute atomic E-state index is 9.52. The molecule has 0 spiro atoms. The summed E-state index contributed by atoms with van der Waals surface area (Å²) in [4.78, 5) is 4.32. The molecule has 1 aromatic carbocycles. The van der Waals surface area contributed by atoms with Gasteiger partial charge in [-0.3, -0.25) is 0 Å². The molecule has 0 aliphatic rings. The van der Waals surface area contributed by atoms with Crippen LogP contribution in [-0.2, 0) is 0 Å². The van der Waals surface area contributed by atoms with E-state index in [1.54, 1.807) is 6.07 Å². The molecule has 2 rings (SSSR count). The van der Waals surface area contributed by atoms with E-state index < -0.39 is 0 Å². The molecule has 18 heavy (non-hydrogen) atoms. The van der Waals surface area contributed by atoms with Gasteiger partial charge in [0, 0.05) is 11.1 Å². The van der Waals surface area contributed by atoms with Crippen LogP contribution < -0.4 is 5.32 Å². The second kappa shape index (κ2) is 6.97. The lowest BCUT2D eigenvalue weighted by atomic mass is 10.1. The predicted octanol–water partition coefficient (Wildman–Crippen LogP) is 3.17. The van der Waals surface area contributed by atoms with Crippen LogP contribution in [0.5, 0.6) is 5.75 Å². The summed E-state index contributed by atoms with van der Waals surface area (Å²) in [7, 11) is 0. The van der Waals surface area contributed by atoms with Gasteiger partial charge in [0.1, 0.15) is 11.3 Å². The van der Waals surface area contributed by atoms with E-state index in [9.17, 15) is 5.11 Å². The SMILES string of the molecule is CCNCC.Cc1cc2cccc(O)c2nc1C. The number of fused-ring (bicyclic) bond motifs is 1. The third kappa shape index (κ3) is 3.70. The summed E-state index contributed by atoms with van der Waals surface area (Å²) < 4.78 is 0. The average molecular weight is 246 g/mol. The number of aryl methyl sites for hydroxylation is 2. The Balaban J connectivity index is 0.000000280. The lowest BCUT2D eigenvalue weighted by Gasteiger charge is -2.03. The fourth-order valence-corrected chi connectivity index (χ4v) is 1.63. The Hall–Kier alpha value is -1.61. The van der Waals surface area contributed by atoms with Crippen molar-refractivity contribution in [1.29, 1.82) is 0 Å². The van der Waals surface area contributed by atoms with Crippen molar-refractivity contribution in [2.24, 2.45) is 0 Å². The van der Waals surface area contributed by atoms with Gasteiger partial charge < -0.3 is 10.4 Å². The number of aromatic nitrogens is 1. The zero-order chi connectivity index (χ0) is 13.5. The topological polar surface area (TPSA) is 45.1 Å². The van der Waals surface area contributed by atoms with Gasteiger partial charge in [-0.1, -0.05) is 26.0 Å². The lowest BCUT2D eigenvalue weighted by molar-refractivity contribution is 0.480. The molecule has 0 bridgehead atoms. The van der Waals surface area contributed by atoms with Gasteiger partial charge in [-0.15, -0.1) is 0 Å². The molecule has 0 unspecified atom stereocenters. The molecule has 0 radical (unpaired) electrons. The molecule has 2 N–H and O–H groups in total. The van der Waals surface area contributed by atoms with E-state index in [1.807, 2.05) is 32.0 Å². The molecule has 98 valence electrons. The summed E-state index contributed by atoms with van der Waals surface area (Å²) in [5.41, 5.74) is 2.80. The number of nitrogens with one attached hydrogen (secondary N) is 1. The van der Waals surface area contributed by atoms with E-state index >= 15 is 0 Å². The maximum atomic E-state index is 9.52. The minimum Gasteiger partial charge on any atom is -0.506 e. The number of nitrogens with zero attached hydrogens (tertiary/aromatic N) is 1. The Labute approximate surface area is 109 Å². The molecule has 0 fully saturated rings. The fourth-order valence-electron chi connectivity index (χ4n) is 1.63. The second-order valence-electron chi connectivity index (χ2n) is 4.20. The number of rotatable bonds is 2. The highest BCUT2D eigenvalue weighted by Crippen LogP contribution is 2.23. The molecule has 0 saturated heterocycles. The van der Waals surface area contributed by atoms with Gasteiger partial charge in [0.05, 0.1) is 0 Å². The number of phenolic OH excluding ortho intramolecular Hbond substituents is 1. The Bertz CT molecular complexity index is 507. The molecule has 0 saturated carbocycles. The van der Waals surface area contributed by atoms with Crippen molar-refractivity contribution in [2.45, 2.75) is 27.7 Å². The van der Waals surface area contributed by atoms with Crippen LogP contribution in [0.15, 0.2) is 24.3 Å². The van der Waals surface area contributed by atoms with Crippen molar-refractivity contribution >= 4 is 10.9 Å². The lowest BCUT2D eigenvalue weighted by Crippen LogP contribution is -2.09. The monoisotopic (exact) mass is 246 g/mol. The minimum absolute atomic E-state index is 0.251. The normalized spacial score (nSPS) is 10.0. The summed E-state index contributed by atoms with van der Waals surface area (Å²) in [6.07, 6.45) is 0. The number of aromatic hydroxyl groups is 1. The highest BCUT2D eigenvalue weighted by molar-refractivity contribution is 5.84. The third-order valence-corrected chi connectivity index (χ3v) is 2.77. The molecule has 0 amide bonds. The molecule has 1 heterocycles. The van der Waals surface area contributed by atoms with Gasteiger partial charge in [0.15, 0.2) is 0 Å². The van der Waals surface area contributed by atoms with Crippen molar-refractivity contribution < 1.29 is 5.11 Å². The molecular formula is C15H22N2O. The van der Waals surface area contributed by atoms with Crippen LogP contribution in [0.4, 0.5) is 0 Å². The van der Waals surface area contributed by atoms with E-state index in [2.05, 4.69) is 24.1 Å². The van der Waals surface area contributed by atoms with Gasteiger partial charge in [-0.2, -0.15) is 0 Å². The number of hydrogen-bond donors (Lipinski definition) is 2. The highest BCUT2D eigenvalue weighted by atomic mass is 16.3. The second-order valence-corrected chi connectivity index (χ2v) is 4.20. The van der Waals surface area contributed by atoms with Gasteiger partial charge in [-0.05, 0) is 44.6 Å². The first-order valence-electron chi connectivity index (χ1n) is 6.36. The van der Waals surface area contributed by atoms with Crippen molar-refractivity contribution in [3.05, 3.63) is 35.5 Å². The van der Waals surface area contributed by atoms with E-state index in [-0.39, 0.29) is 5.75 Å². The van der Waals surface area contributed by atoms with E-state index in [4.69, 9.17) is 0 Å². The molecular weight excluding hydrogens is 224 g/mol. The van der Waals surface area contributed by atoms with Crippen molar-refractivity contribution in [3.8, 4) is 5.75 Å². The Kier molecular flexibility index (Phi) is 5.59. The molecule has 1 aromatic heterocycles. The molecule has 0 aliphatic carbocycles. The largest absolute Gasteiger partial charge is 0.506 e. The van der Waals surface area contributed by atoms with Crippen LogP contribution in [0, 0.1) is 13.8 Å². The van der Waals surface area contributed by atoms with Crippen LogP contribution in [-0.4, -0.2) is 23.2 Å². The number of benzene rings is 1. The zero-order valence-electron chi connectivity index (χ0n) is 11.6. The van der Waals surface area contributed by atoms with Crippen LogP contribution in [0.3, 0.4) is 0 Å². The van der Waals surface area contributed by atoms with Crippen LogP contribution in [0.2, 0.25) is 0 Å². The molecule has 2 aromatic rings. The van der Waals surface area contributed by atoms with Crippen LogP contribution >= 0.6 is 0 Å². The summed E-state index contributed by atoms with van der Waals surface area (Å²) in [5, 5.41) is 13.6. The van der Waals surface area contributed by atoms with Crippen LogP contribution in [0.25, 0.3) is 10.9 Å². The van der Waals surface area contributed by atoms with Crippen molar-refractivity contribution in [1.82, 2.24) is 10.3 Å². The van der Waals surface area contributed by atoms with Crippen molar-refractivity contribution in [2.75, 3.05) is 13.1 Å². The highest BCUT2D eigenvalue weighted by Gasteiger charge is 2.02. The summed E-state index contributed by atoms with van der Waals surface area (Å²) >= 11 is 0. The predicted molar refractivity (Wildman–Crippen MR) is 77.1 cm³/mol. The van der Waals surface area contributed by atoms with Gasteiger partial charge in [-0.25, -0.2) is 4.98 Å². The smallest absolute Gasteiger partial charge is 0.141 e. The maximum Gasteiger partial charge on any atom is 0.141 e. The Morgan fingerprint density at radius 3 is 2.39 bits per heavy atom. The first kappa shape index (κ1) is 14.5. The Morgan fingerprint density at radius 1 is 1.17 bits per heavy atom. The van der Waals surface area contributed by atoms with E-state index in [1.165, 1.54) is 0 Å².